The van der Waals surface area contributed by atoms with Crippen molar-refractivity contribution in [1.82, 2.24) is 0 Å². The van der Waals surface area contributed by atoms with Crippen molar-refractivity contribution in [2.24, 2.45) is 0 Å². The van der Waals surface area contributed by atoms with Crippen LogP contribution in [0.1, 0.15) is 39.0 Å². The Bertz CT molecular complexity index is 289. The lowest BCUT2D eigenvalue weighted by atomic mass is 10.2. The summed E-state index contributed by atoms with van der Waals surface area (Å²) >= 11 is 0. The van der Waals surface area contributed by atoms with E-state index in [4.69, 9.17) is 4.74 Å². The maximum atomic E-state index is 10.3. The van der Waals surface area contributed by atoms with Crippen LogP contribution < -0.4 is 0 Å². The van der Waals surface area contributed by atoms with E-state index in [0.717, 1.165) is 38.4 Å². The molecule has 0 aromatic heterocycles. The molecule has 0 spiro atoms. The molecule has 1 rings (SSSR count). The minimum Gasteiger partial charge on any atom is -0.362 e. The predicted octanol–water partition coefficient (Wildman–Crippen LogP) is 3.59. The molecule has 17 heavy (non-hydrogen) atoms. The highest BCUT2D eigenvalue weighted by Crippen LogP contribution is 2.24. The van der Waals surface area contributed by atoms with Gasteiger partial charge in [0.25, 0.3) is 0 Å². The number of carbonyl (C=O) groups is 1. The van der Waals surface area contributed by atoms with Crippen LogP contribution in [0.25, 0.3) is 0 Å². The van der Waals surface area contributed by atoms with E-state index in [-0.39, 0.29) is 12.2 Å². The number of epoxide rings is 1. The largest absolute Gasteiger partial charge is 0.362 e. The molecule has 0 aromatic carbocycles. The van der Waals surface area contributed by atoms with Gasteiger partial charge in [-0.1, -0.05) is 43.4 Å². The fraction of sp³-hybridized carbons (Fsp3) is 0.533. The standard InChI is InChI=1S/C15H22O2/c1-2-3-4-5-6-7-8-9-10-11-12-14-15(13-16)17-14/h3-4,6-7,9-10,13-15H,2,5,8,11-12H2,1H3/b4-3-,7-6-,10-9-/t14-,15-/m1/s1. The van der Waals surface area contributed by atoms with Gasteiger partial charge in [-0.2, -0.15) is 0 Å². The number of rotatable bonds is 9. The summed E-state index contributed by atoms with van der Waals surface area (Å²) in [5, 5.41) is 0. The van der Waals surface area contributed by atoms with Gasteiger partial charge in [0.15, 0.2) is 6.29 Å². The molecule has 0 radical (unpaired) electrons. The number of hydrogen-bond acceptors (Lipinski definition) is 2. The molecule has 2 nitrogen and oxygen atoms in total. The molecule has 0 amide bonds. The third-order valence-electron chi connectivity index (χ3n) is 2.65. The monoisotopic (exact) mass is 234 g/mol. The van der Waals surface area contributed by atoms with E-state index in [1.54, 1.807) is 0 Å². The van der Waals surface area contributed by atoms with Crippen LogP contribution in [-0.4, -0.2) is 18.5 Å². The lowest BCUT2D eigenvalue weighted by Gasteiger charge is -1.88. The first-order chi connectivity index (χ1) is 8.38. The first-order valence-corrected chi connectivity index (χ1v) is 6.44. The molecular formula is C15H22O2. The van der Waals surface area contributed by atoms with Crippen molar-refractivity contribution < 1.29 is 9.53 Å². The quantitative estimate of drug-likeness (QED) is 0.346. The number of hydrogen-bond donors (Lipinski definition) is 0. The summed E-state index contributed by atoms with van der Waals surface area (Å²) in [7, 11) is 0. The Kier molecular flexibility index (Phi) is 7.32. The van der Waals surface area contributed by atoms with Crippen LogP contribution in [0.15, 0.2) is 36.5 Å². The average Bonchev–Trinajstić information content (AvgIpc) is 3.10. The Morgan fingerprint density at radius 1 is 1.00 bits per heavy atom. The Labute approximate surface area is 104 Å². The topological polar surface area (TPSA) is 29.6 Å². The van der Waals surface area contributed by atoms with Crippen molar-refractivity contribution in [2.45, 2.75) is 51.2 Å². The van der Waals surface area contributed by atoms with Gasteiger partial charge in [0.05, 0.1) is 6.10 Å². The van der Waals surface area contributed by atoms with E-state index in [9.17, 15) is 4.79 Å². The van der Waals surface area contributed by atoms with Crippen molar-refractivity contribution in [2.75, 3.05) is 0 Å². The lowest BCUT2D eigenvalue weighted by molar-refractivity contribution is -0.108. The second-order valence-electron chi connectivity index (χ2n) is 4.15. The Balaban J connectivity index is 1.92. The molecular weight excluding hydrogens is 212 g/mol. The number of allylic oxidation sites excluding steroid dienone is 6. The highest BCUT2D eigenvalue weighted by Gasteiger charge is 2.37. The van der Waals surface area contributed by atoms with Crippen LogP contribution in [0.4, 0.5) is 0 Å². The average molecular weight is 234 g/mol. The molecule has 0 aromatic rings. The molecule has 1 aliphatic heterocycles. The Morgan fingerprint density at radius 3 is 2.24 bits per heavy atom. The van der Waals surface area contributed by atoms with Gasteiger partial charge in [-0.05, 0) is 32.1 Å². The summed E-state index contributed by atoms with van der Waals surface area (Å²) in [6, 6.07) is 0. The molecule has 1 saturated heterocycles. The summed E-state index contributed by atoms with van der Waals surface area (Å²) < 4.78 is 5.13. The predicted molar refractivity (Wildman–Crippen MR) is 70.9 cm³/mol. The van der Waals surface area contributed by atoms with Gasteiger partial charge in [-0.15, -0.1) is 0 Å². The van der Waals surface area contributed by atoms with Crippen molar-refractivity contribution in [3.8, 4) is 0 Å². The summed E-state index contributed by atoms with van der Waals surface area (Å²) in [6.07, 6.45) is 19.1. The second kappa shape index (κ2) is 8.94. The fourth-order valence-electron chi connectivity index (χ4n) is 1.60. The van der Waals surface area contributed by atoms with Gasteiger partial charge >= 0.3 is 0 Å². The van der Waals surface area contributed by atoms with Crippen molar-refractivity contribution >= 4 is 6.29 Å². The SMILES string of the molecule is CC/C=C\C/C=C\C/C=C\CC[C@H]1O[C@@H]1C=O. The third kappa shape index (κ3) is 6.90. The van der Waals surface area contributed by atoms with E-state index >= 15 is 0 Å². The van der Waals surface area contributed by atoms with Gasteiger partial charge < -0.3 is 9.53 Å². The molecule has 1 heterocycles. The first kappa shape index (κ1) is 13.9. The van der Waals surface area contributed by atoms with Crippen molar-refractivity contribution in [3.63, 3.8) is 0 Å². The van der Waals surface area contributed by atoms with Crippen LogP contribution in [0.2, 0.25) is 0 Å². The summed E-state index contributed by atoms with van der Waals surface area (Å²) in [4.78, 5) is 10.3. The van der Waals surface area contributed by atoms with Crippen LogP contribution in [0.3, 0.4) is 0 Å². The zero-order chi connectivity index (χ0) is 12.3. The Hall–Kier alpha value is -1.15. The molecule has 0 N–H and O–H groups in total. The maximum absolute atomic E-state index is 10.3. The van der Waals surface area contributed by atoms with Crippen LogP contribution in [0, 0.1) is 0 Å². The third-order valence-corrected chi connectivity index (χ3v) is 2.65. The normalized spacial score (nSPS) is 24.1. The molecule has 94 valence electrons. The molecule has 2 heteroatoms. The fourth-order valence-corrected chi connectivity index (χ4v) is 1.60. The highest BCUT2D eigenvalue weighted by molar-refractivity contribution is 5.60. The van der Waals surface area contributed by atoms with Gasteiger partial charge in [0, 0.05) is 0 Å². The minimum absolute atomic E-state index is 0.117. The minimum atomic E-state index is -0.117. The van der Waals surface area contributed by atoms with E-state index < -0.39 is 0 Å². The lowest BCUT2D eigenvalue weighted by Crippen LogP contribution is -1.93. The smallest absolute Gasteiger partial charge is 0.151 e. The van der Waals surface area contributed by atoms with Crippen molar-refractivity contribution in [1.29, 1.82) is 0 Å². The van der Waals surface area contributed by atoms with Crippen molar-refractivity contribution in [3.05, 3.63) is 36.5 Å². The van der Waals surface area contributed by atoms with Gasteiger partial charge in [0.1, 0.15) is 6.10 Å². The molecule has 0 saturated carbocycles. The first-order valence-electron chi connectivity index (χ1n) is 6.44. The van der Waals surface area contributed by atoms with Gasteiger partial charge in [-0.3, -0.25) is 0 Å². The molecule has 0 unspecified atom stereocenters. The summed E-state index contributed by atoms with van der Waals surface area (Å²) in [6.45, 7) is 2.14. The van der Waals surface area contributed by atoms with E-state index in [1.807, 2.05) is 0 Å². The number of carbonyl (C=O) groups excluding carboxylic acids is 1. The highest BCUT2D eigenvalue weighted by atomic mass is 16.6. The molecule has 2 atom stereocenters. The van der Waals surface area contributed by atoms with E-state index in [0.29, 0.717) is 0 Å². The molecule has 0 aliphatic carbocycles. The van der Waals surface area contributed by atoms with Gasteiger partial charge in [0.2, 0.25) is 0 Å². The summed E-state index contributed by atoms with van der Waals surface area (Å²) in [5.41, 5.74) is 0. The number of ether oxygens (including phenoxy) is 1. The Morgan fingerprint density at radius 2 is 1.65 bits per heavy atom. The van der Waals surface area contributed by atoms with Crippen LogP contribution in [0.5, 0.6) is 0 Å². The molecule has 1 fully saturated rings. The second-order valence-corrected chi connectivity index (χ2v) is 4.15. The zero-order valence-electron chi connectivity index (χ0n) is 10.5. The van der Waals surface area contributed by atoms with Crippen LogP contribution in [-0.2, 0) is 9.53 Å². The van der Waals surface area contributed by atoms with Crippen LogP contribution >= 0.6 is 0 Å². The number of aldehydes is 1. The molecule has 1 aliphatic rings. The van der Waals surface area contributed by atoms with Gasteiger partial charge in [-0.25, -0.2) is 0 Å². The maximum Gasteiger partial charge on any atom is 0.151 e. The zero-order valence-corrected chi connectivity index (χ0v) is 10.5. The van der Waals surface area contributed by atoms with E-state index in [2.05, 4.69) is 43.4 Å². The molecule has 0 bridgehead atoms. The van der Waals surface area contributed by atoms with E-state index in [1.165, 1.54) is 0 Å². The summed E-state index contributed by atoms with van der Waals surface area (Å²) in [5.74, 6) is 0.